The first kappa shape index (κ1) is 6.59. The highest BCUT2D eigenvalue weighted by molar-refractivity contribution is 5.18. The highest BCUT2D eigenvalue weighted by Crippen LogP contribution is 2.64. The van der Waals surface area contributed by atoms with Crippen LogP contribution in [0.3, 0.4) is 0 Å². The Kier molecular flexibility index (Phi) is 1.14. The zero-order valence-corrected chi connectivity index (χ0v) is 6.20. The van der Waals surface area contributed by atoms with Crippen molar-refractivity contribution >= 4 is 0 Å². The molecule has 0 bridgehead atoms. The summed E-state index contributed by atoms with van der Waals surface area (Å²) in [5.74, 6) is 0. The lowest BCUT2D eigenvalue weighted by molar-refractivity contribution is 0.305. The van der Waals surface area contributed by atoms with Crippen LogP contribution in [0.4, 0.5) is 4.39 Å². The van der Waals surface area contributed by atoms with Crippen molar-refractivity contribution in [1.29, 1.82) is 0 Å². The maximum absolute atomic E-state index is 12.0. The molecule has 0 aromatic rings. The fourth-order valence-corrected chi connectivity index (χ4v) is 1.99. The van der Waals surface area contributed by atoms with Crippen LogP contribution in [0.15, 0.2) is 0 Å². The van der Waals surface area contributed by atoms with Crippen LogP contribution in [0.1, 0.15) is 32.1 Å². The molecule has 0 unspecified atom stereocenters. The second kappa shape index (κ2) is 1.73. The molecule has 2 heteroatoms. The Balaban J connectivity index is 2.01. The molecule has 2 saturated carbocycles. The summed E-state index contributed by atoms with van der Waals surface area (Å²) in [6, 6.07) is 0. The van der Waals surface area contributed by atoms with Gasteiger partial charge in [0.15, 0.2) is 0 Å². The maximum atomic E-state index is 12.0. The summed E-state index contributed by atoms with van der Waals surface area (Å²) in [5.41, 5.74) is 6.33. The summed E-state index contributed by atoms with van der Waals surface area (Å²) in [4.78, 5) is 0. The van der Waals surface area contributed by atoms with E-state index in [1.165, 1.54) is 12.8 Å². The Morgan fingerprint density at radius 3 is 2.10 bits per heavy atom. The third-order valence-electron chi connectivity index (χ3n) is 3.27. The van der Waals surface area contributed by atoms with Crippen molar-refractivity contribution in [3.8, 4) is 0 Å². The minimum Gasteiger partial charge on any atom is -0.325 e. The second-order valence-electron chi connectivity index (χ2n) is 3.88. The molecule has 58 valence electrons. The lowest BCUT2D eigenvalue weighted by Gasteiger charge is -2.20. The number of hydrogen-bond donors (Lipinski definition) is 1. The van der Waals surface area contributed by atoms with Crippen LogP contribution in [0.25, 0.3) is 0 Å². The van der Waals surface area contributed by atoms with E-state index in [9.17, 15) is 4.39 Å². The molecule has 2 fully saturated rings. The topological polar surface area (TPSA) is 26.0 Å². The quantitative estimate of drug-likeness (QED) is 0.638. The minimum atomic E-state index is -0.182. The molecule has 2 rings (SSSR count). The standard InChI is InChI=1S/C8H14FN/c9-6-5-7(1-2-7)8(10)3-4-8/h1-6,10H2. The van der Waals surface area contributed by atoms with E-state index in [1.807, 2.05) is 0 Å². The fraction of sp³-hybridized carbons (Fsp3) is 1.00. The van der Waals surface area contributed by atoms with Gasteiger partial charge in [-0.3, -0.25) is 4.39 Å². The molecule has 2 aliphatic rings. The number of nitrogens with two attached hydrogens (primary N) is 1. The van der Waals surface area contributed by atoms with Gasteiger partial charge in [0.2, 0.25) is 0 Å². The molecule has 0 aromatic heterocycles. The van der Waals surface area contributed by atoms with E-state index in [-0.39, 0.29) is 17.6 Å². The van der Waals surface area contributed by atoms with Gasteiger partial charge < -0.3 is 5.73 Å². The molecule has 0 spiro atoms. The third kappa shape index (κ3) is 0.715. The molecule has 0 aromatic carbocycles. The van der Waals surface area contributed by atoms with Gasteiger partial charge in [0.05, 0.1) is 6.67 Å². The first-order valence-electron chi connectivity index (χ1n) is 4.07. The first-order chi connectivity index (χ1) is 4.72. The Hall–Kier alpha value is -0.110. The predicted molar refractivity (Wildman–Crippen MR) is 38.4 cm³/mol. The van der Waals surface area contributed by atoms with Gasteiger partial charge in [-0.2, -0.15) is 0 Å². The lowest BCUT2D eigenvalue weighted by Crippen LogP contribution is -2.34. The Labute approximate surface area is 60.8 Å². The molecule has 2 aliphatic carbocycles. The van der Waals surface area contributed by atoms with Crippen LogP contribution >= 0.6 is 0 Å². The van der Waals surface area contributed by atoms with Gasteiger partial charge >= 0.3 is 0 Å². The summed E-state index contributed by atoms with van der Waals surface area (Å²) in [7, 11) is 0. The summed E-state index contributed by atoms with van der Waals surface area (Å²) in [6.07, 6.45) is 5.32. The largest absolute Gasteiger partial charge is 0.325 e. The zero-order chi connectivity index (χ0) is 7.24. The summed E-state index contributed by atoms with van der Waals surface area (Å²) in [5, 5.41) is 0. The average molecular weight is 143 g/mol. The van der Waals surface area contributed by atoms with E-state index in [2.05, 4.69) is 0 Å². The fourth-order valence-electron chi connectivity index (χ4n) is 1.99. The number of alkyl halides is 1. The van der Waals surface area contributed by atoms with E-state index in [0.29, 0.717) is 6.42 Å². The zero-order valence-electron chi connectivity index (χ0n) is 6.20. The molecular formula is C8H14FN. The van der Waals surface area contributed by atoms with E-state index >= 15 is 0 Å². The highest BCUT2D eigenvalue weighted by atomic mass is 19.1. The Morgan fingerprint density at radius 1 is 1.20 bits per heavy atom. The number of rotatable bonds is 3. The van der Waals surface area contributed by atoms with E-state index in [1.54, 1.807) is 0 Å². The summed E-state index contributed by atoms with van der Waals surface area (Å²) >= 11 is 0. The second-order valence-corrected chi connectivity index (χ2v) is 3.88. The summed E-state index contributed by atoms with van der Waals surface area (Å²) < 4.78 is 12.0. The van der Waals surface area contributed by atoms with Crippen LogP contribution < -0.4 is 5.73 Å². The molecule has 0 heterocycles. The maximum Gasteiger partial charge on any atom is 0.0900 e. The molecule has 0 aliphatic heterocycles. The Morgan fingerprint density at radius 2 is 1.80 bits per heavy atom. The van der Waals surface area contributed by atoms with Crippen LogP contribution in [-0.4, -0.2) is 12.2 Å². The summed E-state index contributed by atoms with van der Waals surface area (Å²) in [6.45, 7) is -0.182. The third-order valence-corrected chi connectivity index (χ3v) is 3.27. The van der Waals surface area contributed by atoms with Gasteiger partial charge in [-0.1, -0.05) is 0 Å². The predicted octanol–water partition coefficient (Wildman–Crippen LogP) is 1.62. The molecule has 0 radical (unpaired) electrons. The van der Waals surface area contributed by atoms with E-state index in [0.717, 1.165) is 12.8 Å². The van der Waals surface area contributed by atoms with Crippen molar-refractivity contribution in [2.24, 2.45) is 11.1 Å². The van der Waals surface area contributed by atoms with Crippen molar-refractivity contribution < 1.29 is 4.39 Å². The van der Waals surface area contributed by atoms with Crippen molar-refractivity contribution in [1.82, 2.24) is 0 Å². The molecule has 0 saturated heterocycles. The normalized spacial score (nSPS) is 31.8. The SMILES string of the molecule is NC1(C2(CCF)CC2)CC1. The van der Waals surface area contributed by atoms with Gasteiger partial charge in [-0.25, -0.2) is 0 Å². The molecule has 10 heavy (non-hydrogen) atoms. The van der Waals surface area contributed by atoms with Gasteiger partial charge in [0.1, 0.15) is 0 Å². The Bertz CT molecular complexity index is 147. The highest BCUT2D eigenvalue weighted by Gasteiger charge is 2.62. The van der Waals surface area contributed by atoms with Gasteiger partial charge in [-0.05, 0) is 37.5 Å². The number of halogens is 1. The van der Waals surface area contributed by atoms with Crippen LogP contribution in [0.5, 0.6) is 0 Å². The first-order valence-corrected chi connectivity index (χ1v) is 4.07. The minimum absolute atomic E-state index is 0.0685. The van der Waals surface area contributed by atoms with Crippen molar-refractivity contribution in [3.63, 3.8) is 0 Å². The lowest BCUT2D eigenvalue weighted by atomic mass is 9.91. The molecular weight excluding hydrogens is 129 g/mol. The number of hydrogen-bond acceptors (Lipinski definition) is 1. The van der Waals surface area contributed by atoms with Crippen molar-refractivity contribution in [3.05, 3.63) is 0 Å². The molecule has 1 nitrogen and oxygen atoms in total. The van der Waals surface area contributed by atoms with Crippen molar-refractivity contribution in [2.45, 2.75) is 37.6 Å². The van der Waals surface area contributed by atoms with E-state index in [4.69, 9.17) is 5.73 Å². The molecule has 2 N–H and O–H groups in total. The monoisotopic (exact) mass is 143 g/mol. The average Bonchev–Trinajstić information content (AvgIpc) is 2.69. The van der Waals surface area contributed by atoms with Crippen LogP contribution in [0.2, 0.25) is 0 Å². The van der Waals surface area contributed by atoms with Crippen LogP contribution in [-0.2, 0) is 0 Å². The van der Waals surface area contributed by atoms with Crippen molar-refractivity contribution in [2.75, 3.05) is 6.67 Å². The van der Waals surface area contributed by atoms with E-state index < -0.39 is 0 Å². The van der Waals surface area contributed by atoms with Crippen LogP contribution in [0, 0.1) is 5.41 Å². The van der Waals surface area contributed by atoms with Gasteiger partial charge in [-0.15, -0.1) is 0 Å². The molecule has 0 amide bonds. The van der Waals surface area contributed by atoms with Gasteiger partial charge in [0.25, 0.3) is 0 Å². The van der Waals surface area contributed by atoms with Gasteiger partial charge in [0, 0.05) is 5.54 Å². The smallest absolute Gasteiger partial charge is 0.0900 e. The molecule has 0 atom stereocenters.